The molecule has 0 N–H and O–H groups in total. The van der Waals surface area contributed by atoms with E-state index in [1.54, 1.807) is 11.8 Å². The molecule has 0 radical (unpaired) electrons. The van der Waals surface area contributed by atoms with E-state index in [0.717, 1.165) is 0 Å². The molecule has 0 heterocycles. The van der Waals surface area contributed by atoms with E-state index >= 15 is 0 Å². The van der Waals surface area contributed by atoms with Gasteiger partial charge in [-0.05, 0) is 13.5 Å². The van der Waals surface area contributed by atoms with E-state index in [4.69, 9.17) is 5.26 Å². The van der Waals surface area contributed by atoms with Gasteiger partial charge in [-0.3, -0.25) is 4.90 Å². The first-order valence-corrected chi connectivity index (χ1v) is 4.00. The lowest BCUT2D eigenvalue weighted by atomic mass is 10.2. The van der Waals surface area contributed by atoms with E-state index in [1.165, 1.54) is 0 Å². The van der Waals surface area contributed by atoms with Crippen molar-refractivity contribution in [2.24, 2.45) is 5.92 Å². The summed E-state index contributed by atoms with van der Waals surface area (Å²) in [4.78, 5) is 1.58. The molecule has 0 aromatic heterocycles. The zero-order valence-corrected chi connectivity index (χ0v) is 7.43. The van der Waals surface area contributed by atoms with Crippen molar-refractivity contribution in [1.82, 2.24) is 4.90 Å². The highest BCUT2D eigenvalue weighted by atomic mass is 19.3. The van der Waals surface area contributed by atoms with Crippen molar-refractivity contribution in [2.75, 3.05) is 19.6 Å². The van der Waals surface area contributed by atoms with Gasteiger partial charge in [0.05, 0.1) is 18.5 Å². The molecule has 0 bridgehead atoms. The molecule has 2 nitrogen and oxygen atoms in total. The Balaban J connectivity index is 3.76. The Morgan fingerprint density at radius 1 is 1.42 bits per heavy atom. The minimum atomic E-state index is -2.31. The first-order chi connectivity index (χ1) is 5.60. The van der Waals surface area contributed by atoms with Gasteiger partial charge in [-0.2, -0.15) is 5.26 Å². The molecule has 1 unspecified atom stereocenters. The number of hydrogen-bond donors (Lipinski definition) is 0. The molecule has 0 saturated carbocycles. The molecule has 0 aromatic rings. The third kappa shape index (κ3) is 5.03. The lowest BCUT2D eigenvalue weighted by molar-refractivity contribution is 0.0873. The highest BCUT2D eigenvalue weighted by molar-refractivity contribution is 4.81. The summed E-state index contributed by atoms with van der Waals surface area (Å²) in [6.45, 7) is 4.30. The molecular formula is C8H14F2N2. The molecular weight excluding hydrogens is 162 g/mol. The number of hydrogen-bond acceptors (Lipinski definition) is 2. The maximum Gasteiger partial charge on any atom is 0.251 e. The Hall–Kier alpha value is -0.690. The highest BCUT2D eigenvalue weighted by Crippen LogP contribution is 2.02. The summed E-state index contributed by atoms with van der Waals surface area (Å²) in [7, 11) is 0. The third-order valence-corrected chi connectivity index (χ3v) is 1.60. The predicted molar refractivity (Wildman–Crippen MR) is 42.9 cm³/mol. The second-order valence-electron chi connectivity index (χ2n) is 2.77. The summed E-state index contributed by atoms with van der Waals surface area (Å²) in [6.07, 6.45) is -2.31. The van der Waals surface area contributed by atoms with E-state index < -0.39 is 6.43 Å². The summed E-state index contributed by atoms with van der Waals surface area (Å²) in [5.41, 5.74) is 0. The molecule has 0 aliphatic carbocycles. The van der Waals surface area contributed by atoms with Crippen molar-refractivity contribution in [1.29, 1.82) is 5.26 Å². The van der Waals surface area contributed by atoms with E-state index in [1.807, 2.05) is 13.0 Å². The van der Waals surface area contributed by atoms with Gasteiger partial charge < -0.3 is 0 Å². The Morgan fingerprint density at radius 3 is 2.33 bits per heavy atom. The van der Waals surface area contributed by atoms with E-state index in [9.17, 15) is 8.78 Å². The summed E-state index contributed by atoms with van der Waals surface area (Å²) in [5.74, 6) is -0.177. The average molecular weight is 176 g/mol. The van der Waals surface area contributed by atoms with Crippen LogP contribution in [-0.4, -0.2) is 31.0 Å². The topological polar surface area (TPSA) is 27.0 Å². The molecule has 0 amide bonds. The molecule has 0 rings (SSSR count). The molecule has 70 valence electrons. The van der Waals surface area contributed by atoms with Crippen molar-refractivity contribution in [3.8, 4) is 6.07 Å². The van der Waals surface area contributed by atoms with Crippen LogP contribution in [0.15, 0.2) is 0 Å². The molecule has 0 spiro atoms. The third-order valence-electron chi connectivity index (χ3n) is 1.60. The Kier molecular flexibility index (Phi) is 5.56. The minimum absolute atomic E-state index is 0.177. The van der Waals surface area contributed by atoms with Crippen molar-refractivity contribution >= 4 is 0 Å². The van der Waals surface area contributed by atoms with Gasteiger partial charge in [0.2, 0.25) is 0 Å². The fourth-order valence-electron chi connectivity index (χ4n) is 0.956. The molecule has 0 aliphatic rings. The molecule has 4 heteroatoms. The van der Waals surface area contributed by atoms with Crippen LogP contribution in [-0.2, 0) is 0 Å². The van der Waals surface area contributed by atoms with Gasteiger partial charge in [0.15, 0.2) is 0 Å². The molecule has 0 aromatic carbocycles. The Labute approximate surface area is 71.8 Å². The van der Waals surface area contributed by atoms with E-state index in [-0.39, 0.29) is 12.5 Å². The van der Waals surface area contributed by atoms with Gasteiger partial charge >= 0.3 is 0 Å². The van der Waals surface area contributed by atoms with Crippen molar-refractivity contribution in [3.05, 3.63) is 0 Å². The maximum absolute atomic E-state index is 11.9. The van der Waals surface area contributed by atoms with Gasteiger partial charge in [0.1, 0.15) is 0 Å². The lowest BCUT2D eigenvalue weighted by Gasteiger charge is -2.20. The smallest absolute Gasteiger partial charge is 0.251 e. The Morgan fingerprint density at radius 2 is 2.00 bits per heavy atom. The monoisotopic (exact) mass is 176 g/mol. The SMILES string of the molecule is CCN(CC(F)F)CC(C)C#N. The van der Waals surface area contributed by atoms with Crippen molar-refractivity contribution in [3.63, 3.8) is 0 Å². The van der Waals surface area contributed by atoms with E-state index in [2.05, 4.69) is 0 Å². The van der Waals surface area contributed by atoms with Crippen LogP contribution in [0, 0.1) is 17.2 Å². The summed E-state index contributed by atoms with van der Waals surface area (Å²) >= 11 is 0. The maximum atomic E-state index is 11.9. The number of alkyl halides is 2. The van der Waals surface area contributed by atoms with Crippen LogP contribution in [0.3, 0.4) is 0 Å². The van der Waals surface area contributed by atoms with E-state index in [0.29, 0.717) is 13.1 Å². The first-order valence-electron chi connectivity index (χ1n) is 4.00. The predicted octanol–water partition coefficient (Wildman–Crippen LogP) is 1.73. The van der Waals surface area contributed by atoms with Crippen LogP contribution in [0.1, 0.15) is 13.8 Å². The van der Waals surface area contributed by atoms with Crippen LogP contribution in [0.4, 0.5) is 8.78 Å². The van der Waals surface area contributed by atoms with Gasteiger partial charge in [0, 0.05) is 6.54 Å². The molecule has 12 heavy (non-hydrogen) atoms. The van der Waals surface area contributed by atoms with Crippen LogP contribution in [0.2, 0.25) is 0 Å². The fraction of sp³-hybridized carbons (Fsp3) is 0.875. The summed E-state index contributed by atoms with van der Waals surface area (Å²) in [6, 6.07) is 2.02. The zero-order valence-electron chi connectivity index (χ0n) is 7.43. The lowest BCUT2D eigenvalue weighted by Crippen LogP contribution is -2.32. The fourth-order valence-corrected chi connectivity index (χ4v) is 0.956. The minimum Gasteiger partial charge on any atom is -0.297 e. The van der Waals surface area contributed by atoms with Gasteiger partial charge in [-0.1, -0.05) is 6.92 Å². The summed E-state index contributed by atoms with van der Waals surface area (Å²) in [5, 5.41) is 8.45. The van der Waals surface area contributed by atoms with Crippen LogP contribution < -0.4 is 0 Å². The highest BCUT2D eigenvalue weighted by Gasteiger charge is 2.12. The normalized spacial score (nSPS) is 13.4. The van der Waals surface area contributed by atoms with Crippen LogP contribution in [0.25, 0.3) is 0 Å². The standard InChI is InChI=1S/C8H14F2N2/c1-3-12(6-8(9)10)5-7(2)4-11/h7-8H,3,5-6H2,1-2H3. The molecule has 1 atom stereocenters. The Bertz CT molecular complexity index is 154. The molecule has 0 fully saturated rings. The molecule has 0 aliphatic heterocycles. The van der Waals surface area contributed by atoms with Crippen molar-refractivity contribution in [2.45, 2.75) is 20.3 Å². The molecule has 0 saturated heterocycles. The number of nitriles is 1. The number of rotatable bonds is 5. The largest absolute Gasteiger partial charge is 0.297 e. The zero-order chi connectivity index (χ0) is 9.56. The number of nitrogens with zero attached hydrogens (tertiary/aromatic N) is 2. The van der Waals surface area contributed by atoms with Gasteiger partial charge in [-0.25, -0.2) is 8.78 Å². The van der Waals surface area contributed by atoms with Gasteiger partial charge in [0.25, 0.3) is 6.43 Å². The first kappa shape index (κ1) is 11.3. The summed E-state index contributed by atoms with van der Waals surface area (Å²) < 4.78 is 23.8. The second kappa shape index (κ2) is 5.90. The van der Waals surface area contributed by atoms with Crippen LogP contribution in [0.5, 0.6) is 0 Å². The van der Waals surface area contributed by atoms with Crippen LogP contribution >= 0.6 is 0 Å². The van der Waals surface area contributed by atoms with Crippen molar-refractivity contribution < 1.29 is 8.78 Å². The van der Waals surface area contributed by atoms with Gasteiger partial charge in [-0.15, -0.1) is 0 Å². The number of halogens is 2. The second-order valence-corrected chi connectivity index (χ2v) is 2.77. The average Bonchev–Trinajstić information content (AvgIpc) is 2.02. The quantitative estimate of drug-likeness (QED) is 0.638.